The van der Waals surface area contributed by atoms with Gasteiger partial charge in [0.25, 0.3) is 0 Å². The van der Waals surface area contributed by atoms with Crippen LogP contribution in [0.1, 0.15) is 19.4 Å². The number of aromatic nitrogens is 2. The summed E-state index contributed by atoms with van der Waals surface area (Å²) in [5.74, 6) is 1.88. The zero-order chi connectivity index (χ0) is 18.2. The van der Waals surface area contributed by atoms with Gasteiger partial charge >= 0.3 is 0 Å². The number of hydrogen-bond acceptors (Lipinski definition) is 5. The highest BCUT2D eigenvalue weighted by atomic mass is 15.3. The lowest BCUT2D eigenvalue weighted by Crippen LogP contribution is -2.46. The van der Waals surface area contributed by atoms with E-state index in [0.29, 0.717) is 0 Å². The number of piperazine rings is 1. The summed E-state index contributed by atoms with van der Waals surface area (Å²) in [7, 11) is 0. The van der Waals surface area contributed by atoms with E-state index in [0.717, 1.165) is 57.6 Å². The second kappa shape index (κ2) is 9.34. The van der Waals surface area contributed by atoms with Crippen LogP contribution in [-0.2, 0) is 0 Å². The zero-order valence-electron chi connectivity index (χ0n) is 15.9. The maximum absolute atomic E-state index is 4.77. The predicted molar refractivity (Wildman–Crippen MR) is 110 cm³/mol. The monoisotopic (exact) mass is 351 g/mol. The molecule has 26 heavy (non-hydrogen) atoms. The van der Waals surface area contributed by atoms with E-state index in [4.69, 9.17) is 4.98 Å². The average Bonchev–Trinajstić information content (AvgIpc) is 2.71. The molecule has 1 aliphatic rings. The molecule has 0 atom stereocenters. The quantitative estimate of drug-likeness (QED) is 0.766. The van der Waals surface area contributed by atoms with Crippen LogP contribution in [0.25, 0.3) is 6.08 Å². The lowest BCUT2D eigenvalue weighted by atomic mass is 10.2. The van der Waals surface area contributed by atoms with Gasteiger partial charge in [-0.3, -0.25) is 4.90 Å². The molecule has 1 fully saturated rings. The SMILES string of the molecule is CCN(CC)c1nccc(N2CCN(C/C=C/c3ccccc3)CC2)n1. The van der Waals surface area contributed by atoms with Crippen LogP contribution >= 0.6 is 0 Å². The Labute approximate surface area is 157 Å². The van der Waals surface area contributed by atoms with Gasteiger partial charge in [0.2, 0.25) is 5.95 Å². The molecule has 138 valence electrons. The van der Waals surface area contributed by atoms with Crippen molar-refractivity contribution in [3.63, 3.8) is 0 Å². The van der Waals surface area contributed by atoms with E-state index in [9.17, 15) is 0 Å². The van der Waals surface area contributed by atoms with Crippen LogP contribution < -0.4 is 9.80 Å². The van der Waals surface area contributed by atoms with E-state index in [1.165, 1.54) is 5.56 Å². The Morgan fingerprint density at radius 3 is 2.42 bits per heavy atom. The van der Waals surface area contributed by atoms with Crippen LogP contribution in [0.15, 0.2) is 48.7 Å². The third kappa shape index (κ3) is 4.82. The number of anilines is 2. The summed E-state index contributed by atoms with van der Waals surface area (Å²) in [6.07, 6.45) is 6.34. The van der Waals surface area contributed by atoms with Gasteiger partial charge < -0.3 is 9.80 Å². The topological polar surface area (TPSA) is 35.5 Å². The van der Waals surface area contributed by atoms with Gasteiger partial charge in [0.05, 0.1) is 0 Å². The molecule has 5 nitrogen and oxygen atoms in total. The van der Waals surface area contributed by atoms with Gasteiger partial charge in [-0.1, -0.05) is 42.5 Å². The number of nitrogens with zero attached hydrogens (tertiary/aromatic N) is 5. The molecule has 2 heterocycles. The second-order valence-electron chi connectivity index (χ2n) is 6.49. The Bertz CT molecular complexity index is 689. The first kappa shape index (κ1) is 18.4. The molecule has 1 saturated heterocycles. The van der Waals surface area contributed by atoms with E-state index in [1.54, 1.807) is 0 Å². The smallest absolute Gasteiger partial charge is 0.227 e. The van der Waals surface area contributed by atoms with Crippen molar-refractivity contribution in [2.75, 3.05) is 55.6 Å². The summed E-state index contributed by atoms with van der Waals surface area (Å²) >= 11 is 0. The van der Waals surface area contributed by atoms with Crippen molar-refractivity contribution in [3.05, 3.63) is 54.2 Å². The first-order valence-electron chi connectivity index (χ1n) is 9.57. The van der Waals surface area contributed by atoms with Crippen LogP contribution in [0.3, 0.4) is 0 Å². The minimum atomic E-state index is 0.834. The van der Waals surface area contributed by atoms with Gasteiger partial charge in [-0.05, 0) is 25.5 Å². The summed E-state index contributed by atoms with van der Waals surface area (Å²) in [6, 6.07) is 12.5. The molecule has 0 saturated carbocycles. The van der Waals surface area contributed by atoms with Gasteiger partial charge in [0.1, 0.15) is 5.82 Å². The van der Waals surface area contributed by atoms with Crippen LogP contribution in [-0.4, -0.2) is 60.7 Å². The lowest BCUT2D eigenvalue weighted by molar-refractivity contribution is 0.283. The fourth-order valence-corrected chi connectivity index (χ4v) is 3.24. The van der Waals surface area contributed by atoms with Crippen molar-refractivity contribution in [2.24, 2.45) is 0 Å². The first-order valence-corrected chi connectivity index (χ1v) is 9.57. The first-order chi connectivity index (χ1) is 12.8. The molecule has 0 N–H and O–H groups in total. The third-order valence-corrected chi connectivity index (χ3v) is 4.84. The number of benzene rings is 1. The van der Waals surface area contributed by atoms with E-state index >= 15 is 0 Å². The van der Waals surface area contributed by atoms with E-state index in [-0.39, 0.29) is 0 Å². The molecular formula is C21H29N5. The van der Waals surface area contributed by atoms with Gasteiger partial charge in [-0.15, -0.1) is 0 Å². The van der Waals surface area contributed by atoms with Gasteiger partial charge in [0, 0.05) is 52.0 Å². The molecule has 0 aliphatic carbocycles. The lowest BCUT2D eigenvalue weighted by Gasteiger charge is -2.35. The van der Waals surface area contributed by atoms with Crippen molar-refractivity contribution in [1.82, 2.24) is 14.9 Å². The summed E-state index contributed by atoms with van der Waals surface area (Å²) < 4.78 is 0. The molecule has 2 aromatic rings. The second-order valence-corrected chi connectivity index (χ2v) is 6.49. The summed E-state index contributed by atoms with van der Waals surface area (Å²) in [6.45, 7) is 11.3. The fraction of sp³-hybridized carbons (Fsp3) is 0.429. The Hall–Kier alpha value is -2.40. The van der Waals surface area contributed by atoms with Crippen LogP contribution in [0, 0.1) is 0 Å². The maximum atomic E-state index is 4.77. The molecule has 0 amide bonds. The molecule has 0 unspecified atom stereocenters. The summed E-state index contributed by atoms with van der Waals surface area (Å²) in [5, 5.41) is 0. The minimum Gasteiger partial charge on any atom is -0.354 e. The largest absolute Gasteiger partial charge is 0.354 e. The minimum absolute atomic E-state index is 0.834. The Balaban J connectivity index is 1.52. The molecule has 5 heteroatoms. The molecule has 1 aliphatic heterocycles. The molecular weight excluding hydrogens is 322 g/mol. The Kier molecular flexibility index (Phi) is 6.61. The molecule has 1 aromatic heterocycles. The molecule has 0 spiro atoms. The Morgan fingerprint density at radius 2 is 1.73 bits per heavy atom. The predicted octanol–water partition coefficient (Wildman–Crippen LogP) is 3.16. The summed E-state index contributed by atoms with van der Waals surface area (Å²) in [5.41, 5.74) is 1.26. The van der Waals surface area contributed by atoms with Crippen LogP contribution in [0.2, 0.25) is 0 Å². The van der Waals surface area contributed by atoms with Gasteiger partial charge in [-0.25, -0.2) is 4.98 Å². The van der Waals surface area contributed by atoms with Crippen molar-refractivity contribution in [1.29, 1.82) is 0 Å². The summed E-state index contributed by atoms with van der Waals surface area (Å²) in [4.78, 5) is 16.2. The molecule has 1 aromatic carbocycles. The van der Waals surface area contributed by atoms with Crippen LogP contribution in [0.5, 0.6) is 0 Å². The van der Waals surface area contributed by atoms with E-state index in [1.807, 2.05) is 12.3 Å². The van der Waals surface area contributed by atoms with Crippen LogP contribution in [0.4, 0.5) is 11.8 Å². The van der Waals surface area contributed by atoms with Crippen molar-refractivity contribution < 1.29 is 0 Å². The highest BCUT2D eigenvalue weighted by Crippen LogP contribution is 2.17. The third-order valence-electron chi connectivity index (χ3n) is 4.84. The fourth-order valence-electron chi connectivity index (χ4n) is 3.24. The molecule has 3 rings (SSSR count). The normalized spacial score (nSPS) is 15.5. The van der Waals surface area contributed by atoms with E-state index < -0.39 is 0 Å². The van der Waals surface area contributed by atoms with Gasteiger partial charge in [0.15, 0.2) is 0 Å². The zero-order valence-corrected chi connectivity index (χ0v) is 15.9. The molecule has 0 bridgehead atoms. The van der Waals surface area contributed by atoms with E-state index in [2.05, 4.69) is 76.0 Å². The highest BCUT2D eigenvalue weighted by Gasteiger charge is 2.18. The average molecular weight is 351 g/mol. The number of hydrogen-bond donors (Lipinski definition) is 0. The number of rotatable bonds is 7. The standard InChI is InChI=1S/C21H29N5/c1-3-25(4-2)21-22-13-12-20(23-21)26-17-15-24(16-18-26)14-8-11-19-9-6-5-7-10-19/h5-13H,3-4,14-18H2,1-2H3/b11-8+. The molecule has 0 radical (unpaired) electrons. The van der Waals surface area contributed by atoms with Gasteiger partial charge in [-0.2, -0.15) is 4.98 Å². The highest BCUT2D eigenvalue weighted by molar-refractivity contribution is 5.49. The Morgan fingerprint density at radius 1 is 1.00 bits per heavy atom. The van der Waals surface area contributed by atoms with Crippen molar-refractivity contribution in [3.8, 4) is 0 Å². The van der Waals surface area contributed by atoms with Crippen molar-refractivity contribution >= 4 is 17.8 Å². The van der Waals surface area contributed by atoms with Crippen molar-refractivity contribution in [2.45, 2.75) is 13.8 Å². The maximum Gasteiger partial charge on any atom is 0.227 e.